The minimum absolute atomic E-state index is 0.0716. The quantitative estimate of drug-likeness (QED) is 0.853. The first-order valence-electron chi connectivity index (χ1n) is 8.07. The van der Waals surface area contributed by atoms with Crippen LogP contribution in [0.25, 0.3) is 0 Å². The normalized spacial score (nSPS) is 16.5. The molecule has 1 aromatic carbocycles. The number of ether oxygens (including phenoxy) is 1. The molecule has 1 atom stereocenters. The van der Waals surface area contributed by atoms with Gasteiger partial charge in [-0.25, -0.2) is 4.98 Å². The Hall–Kier alpha value is -3.01. The van der Waals surface area contributed by atoms with Crippen molar-refractivity contribution in [1.29, 1.82) is 5.26 Å². The van der Waals surface area contributed by atoms with Gasteiger partial charge >= 0.3 is 0 Å². The number of hydrogen-bond acceptors (Lipinski definition) is 5. The van der Waals surface area contributed by atoms with E-state index in [1.807, 2.05) is 6.07 Å². The highest BCUT2D eigenvalue weighted by Crippen LogP contribution is 2.22. The predicted molar refractivity (Wildman–Crippen MR) is 87.5 cm³/mol. The summed E-state index contributed by atoms with van der Waals surface area (Å²) in [5.41, 5.74) is 1.21. The third-order valence-electron chi connectivity index (χ3n) is 4.11. The summed E-state index contributed by atoms with van der Waals surface area (Å²) in [5.74, 6) is -0.783. The molecule has 3 rings (SSSR count). The average molecular weight is 340 g/mol. The number of carbonyl (C=O) groups is 1. The summed E-state index contributed by atoms with van der Waals surface area (Å²) in [5, 5.41) is 8.94. The lowest BCUT2D eigenvalue weighted by atomic mass is 10.1. The minimum Gasteiger partial charge on any atom is -0.470 e. The molecule has 1 amide bonds. The molecule has 0 spiro atoms. The van der Waals surface area contributed by atoms with Crippen LogP contribution in [0.2, 0.25) is 0 Å². The zero-order chi connectivity index (χ0) is 17.8. The van der Waals surface area contributed by atoms with E-state index in [0.29, 0.717) is 42.8 Å². The van der Waals surface area contributed by atoms with Crippen molar-refractivity contribution in [2.75, 3.05) is 13.1 Å². The highest BCUT2D eigenvalue weighted by Gasteiger charge is 2.29. The van der Waals surface area contributed by atoms with Gasteiger partial charge in [0.15, 0.2) is 0 Å². The van der Waals surface area contributed by atoms with Crippen LogP contribution < -0.4 is 4.74 Å². The Kier molecular flexibility index (Phi) is 4.89. The van der Waals surface area contributed by atoms with Crippen LogP contribution in [0.4, 0.5) is 4.39 Å². The summed E-state index contributed by atoms with van der Waals surface area (Å²) in [6, 6.07) is 8.59. The van der Waals surface area contributed by atoms with Gasteiger partial charge in [-0.1, -0.05) is 13.0 Å². The van der Waals surface area contributed by atoms with Gasteiger partial charge in [0, 0.05) is 18.5 Å². The molecule has 0 unspecified atom stereocenters. The van der Waals surface area contributed by atoms with Crippen LogP contribution in [-0.2, 0) is 6.42 Å². The maximum absolute atomic E-state index is 14.2. The molecule has 0 bridgehead atoms. The number of aromatic nitrogens is 2. The molecule has 0 aliphatic carbocycles. The van der Waals surface area contributed by atoms with Crippen molar-refractivity contribution in [3.63, 3.8) is 0 Å². The maximum Gasteiger partial charge on any atom is 0.254 e. The summed E-state index contributed by atoms with van der Waals surface area (Å²) in [7, 11) is 0. The second kappa shape index (κ2) is 7.26. The largest absolute Gasteiger partial charge is 0.470 e. The highest BCUT2D eigenvalue weighted by atomic mass is 19.1. The summed E-state index contributed by atoms with van der Waals surface area (Å²) in [4.78, 5) is 21.9. The molecular weight excluding hydrogens is 323 g/mol. The van der Waals surface area contributed by atoms with Gasteiger partial charge in [0.2, 0.25) is 5.82 Å². The molecule has 7 heteroatoms. The molecule has 1 aliphatic rings. The van der Waals surface area contributed by atoms with E-state index in [-0.39, 0.29) is 17.9 Å². The van der Waals surface area contributed by atoms with E-state index in [9.17, 15) is 9.18 Å². The van der Waals surface area contributed by atoms with Crippen molar-refractivity contribution in [2.45, 2.75) is 25.9 Å². The summed E-state index contributed by atoms with van der Waals surface area (Å²) in [6.07, 6.45) is 2.00. The molecule has 2 heterocycles. The van der Waals surface area contributed by atoms with Crippen molar-refractivity contribution >= 4 is 5.91 Å². The first kappa shape index (κ1) is 16.8. The summed E-state index contributed by atoms with van der Waals surface area (Å²) in [6.45, 7) is 2.66. The molecule has 6 nitrogen and oxygen atoms in total. The second-order valence-corrected chi connectivity index (χ2v) is 5.77. The van der Waals surface area contributed by atoms with Crippen molar-refractivity contribution in [1.82, 2.24) is 14.9 Å². The number of nitrogens with zero attached hydrogens (tertiary/aromatic N) is 4. The first-order chi connectivity index (χ1) is 12.1. The monoisotopic (exact) mass is 340 g/mol. The molecule has 0 saturated carbocycles. The molecule has 1 saturated heterocycles. The number of rotatable bonds is 4. The Morgan fingerprint density at radius 2 is 2.32 bits per heavy atom. The Morgan fingerprint density at radius 1 is 1.48 bits per heavy atom. The number of hydrogen-bond donors (Lipinski definition) is 0. The van der Waals surface area contributed by atoms with Crippen LogP contribution >= 0.6 is 0 Å². The van der Waals surface area contributed by atoms with Crippen LogP contribution in [0, 0.1) is 17.1 Å². The Balaban J connectivity index is 1.67. The predicted octanol–water partition coefficient (Wildman–Crippen LogP) is 2.34. The van der Waals surface area contributed by atoms with E-state index in [0.717, 1.165) is 0 Å². The maximum atomic E-state index is 14.2. The standard InChI is InChI=1S/C18H17FN4O2/c1-2-15-16(19)17(22-11-21-15)25-14-6-7-23(10-14)18(24)13-5-3-4-12(8-13)9-20/h3-5,8,11,14H,2,6-7,10H2,1H3/t14-/m1/s1. The van der Waals surface area contributed by atoms with E-state index in [2.05, 4.69) is 9.97 Å². The molecule has 0 radical (unpaired) electrons. The van der Waals surface area contributed by atoms with Crippen molar-refractivity contribution < 1.29 is 13.9 Å². The third kappa shape index (κ3) is 3.58. The fraction of sp³-hybridized carbons (Fsp3) is 0.333. The van der Waals surface area contributed by atoms with Crippen molar-refractivity contribution in [3.8, 4) is 11.9 Å². The highest BCUT2D eigenvalue weighted by molar-refractivity contribution is 5.94. The lowest BCUT2D eigenvalue weighted by Crippen LogP contribution is -2.31. The van der Waals surface area contributed by atoms with Gasteiger partial charge in [-0.15, -0.1) is 0 Å². The number of halogens is 1. The Bertz CT molecular complexity index is 834. The van der Waals surface area contributed by atoms with Gasteiger partial charge in [0.05, 0.1) is 23.9 Å². The lowest BCUT2D eigenvalue weighted by molar-refractivity contribution is 0.0770. The van der Waals surface area contributed by atoms with Gasteiger partial charge in [-0.3, -0.25) is 4.79 Å². The van der Waals surface area contributed by atoms with Gasteiger partial charge < -0.3 is 9.64 Å². The van der Waals surface area contributed by atoms with E-state index in [1.165, 1.54) is 6.33 Å². The zero-order valence-electron chi connectivity index (χ0n) is 13.8. The van der Waals surface area contributed by atoms with E-state index < -0.39 is 5.82 Å². The SMILES string of the molecule is CCc1ncnc(O[C@@H]2CCN(C(=O)c3cccc(C#N)c3)C2)c1F. The van der Waals surface area contributed by atoms with Crippen LogP contribution in [0.1, 0.15) is 35.0 Å². The molecule has 0 N–H and O–H groups in total. The molecule has 1 aliphatic heterocycles. The van der Waals surface area contributed by atoms with Crippen LogP contribution in [-0.4, -0.2) is 40.0 Å². The third-order valence-corrected chi connectivity index (χ3v) is 4.11. The number of aryl methyl sites for hydroxylation is 1. The van der Waals surface area contributed by atoms with Crippen LogP contribution in [0.3, 0.4) is 0 Å². The van der Waals surface area contributed by atoms with Crippen LogP contribution in [0.5, 0.6) is 5.88 Å². The number of amides is 1. The fourth-order valence-electron chi connectivity index (χ4n) is 2.79. The van der Waals surface area contributed by atoms with Gasteiger partial charge in [0.25, 0.3) is 11.8 Å². The molecular formula is C18H17FN4O2. The molecule has 25 heavy (non-hydrogen) atoms. The Morgan fingerprint density at radius 3 is 3.08 bits per heavy atom. The average Bonchev–Trinajstić information content (AvgIpc) is 3.11. The summed E-state index contributed by atoms with van der Waals surface area (Å²) < 4.78 is 19.8. The lowest BCUT2D eigenvalue weighted by Gasteiger charge is -2.17. The van der Waals surface area contributed by atoms with Crippen molar-refractivity contribution in [2.24, 2.45) is 0 Å². The fourth-order valence-corrected chi connectivity index (χ4v) is 2.79. The molecule has 128 valence electrons. The zero-order valence-corrected chi connectivity index (χ0v) is 13.8. The smallest absolute Gasteiger partial charge is 0.254 e. The minimum atomic E-state index is -0.545. The molecule has 1 aromatic heterocycles. The summed E-state index contributed by atoms with van der Waals surface area (Å²) >= 11 is 0. The number of benzene rings is 1. The van der Waals surface area contributed by atoms with Gasteiger partial charge in [-0.05, 0) is 24.6 Å². The molecule has 1 fully saturated rings. The van der Waals surface area contributed by atoms with Gasteiger partial charge in [-0.2, -0.15) is 14.6 Å². The number of likely N-dealkylation sites (tertiary alicyclic amines) is 1. The first-order valence-corrected chi connectivity index (χ1v) is 8.07. The second-order valence-electron chi connectivity index (χ2n) is 5.77. The Labute approximate surface area is 144 Å². The van der Waals surface area contributed by atoms with Gasteiger partial charge in [0.1, 0.15) is 12.4 Å². The molecule has 2 aromatic rings. The number of nitriles is 1. The van der Waals surface area contributed by atoms with E-state index >= 15 is 0 Å². The van der Waals surface area contributed by atoms with Crippen molar-refractivity contribution in [3.05, 3.63) is 53.2 Å². The van der Waals surface area contributed by atoms with Crippen LogP contribution in [0.15, 0.2) is 30.6 Å². The van der Waals surface area contributed by atoms with E-state index in [4.69, 9.17) is 10.00 Å². The topological polar surface area (TPSA) is 79.1 Å². The van der Waals surface area contributed by atoms with E-state index in [1.54, 1.807) is 36.1 Å². The number of carbonyl (C=O) groups excluding carboxylic acids is 1.